The lowest BCUT2D eigenvalue weighted by molar-refractivity contribution is -0.144. The molecular weight excluding hydrogens is 254 g/mol. The van der Waals surface area contributed by atoms with Crippen LogP contribution < -0.4 is 5.32 Å². The minimum Gasteiger partial charge on any atom is -0.355 e. The molecule has 5 heteroatoms. The second-order valence-electron chi connectivity index (χ2n) is 6.35. The van der Waals surface area contributed by atoms with E-state index in [1.165, 1.54) is 6.42 Å². The van der Waals surface area contributed by atoms with Gasteiger partial charge in [-0.15, -0.1) is 0 Å². The molecule has 0 aromatic heterocycles. The Morgan fingerprint density at radius 3 is 2.35 bits per heavy atom. The van der Waals surface area contributed by atoms with Crippen molar-refractivity contribution in [1.82, 2.24) is 15.1 Å². The van der Waals surface area contributed by atoms with E-state index in [4.69, 9.17) is 0 Å². The van der Waals surface area contributed by atoms with Crippen LogP contribution in [-0.4, -0.2) is 61.9 Å². The van der Waals surface area contributed by atoms with Crippen LogP contribution in [0.15, 0.2) is 0 Å². The summed E-state index contributed by atoms with van der Waals surface area (Å²) in [5.41, 5.74) is -0.713. The lowest BCUT2D eigenvalue weighted by Crippen LogP contribution is -2.47. The molecule has 1 heterocycles. The summed E-state index contributed by atoms with van der Waals surface area (Å²) in [6.07, 6.45) is 5.72. The summed E-state index contributed by atoms with van der Waals surface area (Å²) in [7, 11) is 4.04. The molecule has 114 valence electrons. The number of nitrogens with one attached hydrogen (secondary N) is 1. The predicted octanol–water partition coefficient (Wildman–Crippen LogP) is 0.847. The fourth-order valence-electron chi connectivity index (χ4n) is 2.83. The first kappa shape index (κ1) is 15.3. The summed E-state index contributed by atoms with van der Waals surface area (Å²) < 4.78 is 0. The van der Waals surface area contributed by atoms with Gasteiger partial charge in [0.05, 0.1) is 0 Å². The summed E-state index contributed by atoms with van der Waals surface area (Å²) in [6.45, 7) is 3.27. The van der Waals surface area contributed by atoms with E-state index in [1.54, 1.807) is 0 Å². The van der Waals surface area contributed by atoms with Crippen LogP contribution in [0, 0.1) is 5.41 Å². The molecule has 0 spiro atoms. The van der Waals surface area contributed by atoms with E-state index in [0.717, 1.165) is 51.7 Å². The highest BCUT2D eigenvalue weighted by atomic mass is 16.2. The molecule has 1 N–H and O–H groups in total. The van der Waals surface area contributed by atoms with Crippen LogP contribution in [0.5, 0.6) is 0 Å². The molecule has 2 rings (SSSR count). The average Bonchev–Trinajstić information content (AvgIpc) is 3.25. The third-order valence-electron chi connectivity index (χ3n) is 4.30. The normalized spacial score (nSPS) is 20.9. The number of likely N-dealkylation sites (tertiary alicyclic amines) is 1. The van der Waals surface area contributed by atoms with Gasteiger partial charge in [-0.05, 0) is 59.2 Å². The molecule has 2 fully saturated rings. The zero-order chi connectivity index (χ0) is 14.6. The van der Waals surface area contributed by atoms with E-state index in [9.17, 15) is 9.59 Å². The largest absolute Gasteiger partial charge is 0.355 e. The van der Waals surface area contributed by atoms with E-state index in [0.29, 0.717) is 6.54 Å². The first-order valence-electron chi connectivity index (χ1n) is 7.79. The number of nitrogens with zero attached hydrogens (tertiary/aromatic N) is 2. The molecule has 2 aliphatic rings. The van der Waals surface area contributed by atoms with Gasteiger partial charge in [0, 0.05) is 19.6 Å². The van der Waals surface area contributed by atoms with Crippen LogP contribution in [0.2, 0.25) is 0 Å². The predicted molar refractivity (Wildman–Crippen MR) is 78.3 cm³/mol. The van der Waals surface area contributed by atoms with Gasteiger partial charge in [-0.2, -0.15) is 0 Å². The quantitative estimate of drug-likeness (QED) is 0.580. The van der Waals surface area contributed by atoms with Gasteiger partial charge in [-0.3, -0.25) is 9.59 Å². The van der Waals surface area contributed by atoms with Gasteiger partial charge < -0.3 is 15.1 Å². The molecule has 0 aromatic rings. The third-order valence-corrected chi connectivity index (χ3v) is 4.30. The van der Waals surface area contributed by atoms with Crippen LogP contribution in [0.3, 0.4) is 0 Å². The molecule has 20 heavy (non-hydrogen) atoms. The van der Waals surface area contributed by atoms with Crippen molar-refractivity contribution >= 4 is 11.8 Å². The molecule has 1 aliphatic heterocycles. The van der Waals surface area contributed by atoms with Crippen molar-refractivity contribution in [3.8, 4) is 0 Å². The number of rotatable bonds is 6. The van der Waals surface area contributed by atoms with Gasteiger partial charge in [0.15, 0.2) is 0 Å². The molecule has 0 atom stereocenters. The van der Waals surface area contributed by atoms with Crippen molar-refractivity contribution in [2.24, 2.45) is 5.41 Å². The zero-order valence-corrected chi connectivity index (χ0v) is 12.8. The molecule has 0 unspecified atom stereocenters. The highest BCUT2D eigenvalue weighted by Gasteiger charge is 2.57. The number of amides is 2. The Hall–Kier alpha value is -1.10. The first-order chi connectivity index (χ1) is 9.56. The molecule has 0 aromatic carbocycles. The average molecular weight is 281 g/mol. The summed E-state index contributed by atoms with van der Waals surface area (Å²) in [4.78, 5) is 28.8. The maximum absolute atomic E-state index is 12.5. The summed E-state index contributed by atoms with van der Waals surface area (Å²) >= 11 is 0. The van der Waals surface area contributed by atoms with Crippen LogP contribution in [0.1, 0.15) is 38.5 Å². The van der Waals surface area contributed by atoms with Crippen molar-refractivity contribution in [3.63, 3.8) is 0 Å². The van der Waals surface area contributed by atoms with Crippen molar-refractivity contribution in [1.29, 1.82) is 0 Å². The molecule has 0 bridgehead atoms. The van der Waals surface area contributed by atoms with Crippen LogP contribution in [-0.2, 0) is 9.59 Å². The highest BCUT2D eigenvalue weighted by molar-refractivity contribution is 6.07. The van der Waals surface area contributed by atoms with Gasteiger partial charge in [0.1, 0.15) is 5.41 Å². The van der Waals surface area contributed by atoms with E-state index < -0.39 is 5.41 Å². The Morgan fingerprint density at radius 2 is 1.80 bits per heavy atom. The van der Waals surface area contributed by atoms with Crippen molar-refractivity contribution in [2.75, 3.05) is 40.3 Å². The lowest BCUT2D eigenvalue weighted by atomic mass is 10.0. The monoisotopic (exact) mass is 281 g/mol. The Labute approximate surface area is 121 Å². The minimum atomic E-state index is -0.713. The Balaban J connectivity index is 1.80. The molecular formula is C15H27N3O2. The molecule has 2 amide bonds. The van der Waals surface area contributed by atoms with Crippen molar-refractivity contribution in [3.05, 3.63) is 0 Å². The fourth-order valence-corrected chi connectivity index (χ4v) is 2.83. The van der Waals surface area contributed by atoms with Gasteiger partial charge in [0.25, 0.3) is 0 Å². The van der Waals surface area contributed by atoms with Gasteiger partial charge in [-0.25, -0.2) is 0 Å². The fraction of sp³-hybridized carbons (Fsp3) is 0.867. The molecule has 1 aliphatic carbocycles. The smallest absolute Gasteiger partial charge is 0.238 e. The highest BCUT2D eigenvalue weighted by Crippen LogP contribution is 2.47. The Kier molecular flexibility index (Phi) is 5.02. The van der Waals surface area contributed by atoms with Gasteiger partial charge >= 0.3 is 0 Å². The third kappa shape index (κ3) is 3.51. The van der Waals surface area contributed by atoms with Gasteiger partial charge in [-0.1, -0.05) is 0 Å². The second kappa shape index (κ2) is 6.57. The summed E-state index contributed by atoms with van der Waals surface area (Å²) in [6, 6.07) is 0. The molecule has 1 saturated carbocycles. The standard InChI is InChI=1S/C15H27N3O2/c1-17(2)10-6-9-16-13(19)15(7-8-15)14(20)18-11-4-3-5-12-18/h3-12H2,1-2H3,(H,16,19). The topological polar surface area (TPSA) is 52.7 Å². The van der Waals surface area contributed by atoms with E-state index in [1.807, 2.05) is 19.0 Å². The number of hydrogen-bond donors (Lipinski definition) is 1. The summed E-state index contributed by atoms with van der Waals surface area (Å²) in [5, 5.41) is 2.95. The van der Waals surface area contributed by atoms with Crippen molar-refractivity contribution < 1.29 is 9.59 Å². The van der Waals surface area contributed by atoms with E-state index >= 15 is 0 Å². The van der Waals surface area contributed by atoms with E-state index in [2.05, 4.69) is 10.2 Å². The first-order valence-corrected chi connectivity index (χ1v) is 7.79. The van der Waals surface area contributed by atoms with E-state index in [-0.39, 0.29) is 11.8 Å². The number of piperidine rings is 1. The second-order valence-corrected chi connectivity index (χ2v) is 6.35. The Morgan fingerprint density at radius 1 is 1.15 bits per heavy atom. The molecule has 5 nitrogen and oxygen atoms in total. The van der Waals surface area contributed by atoms with Crippen molar-refractivity contribution in [2.45, 2.75) is 38.5 Å². The van der Waals surface area contributed by atoms with Crippen LogP contribution in [0.25, 0.3) is 0 Å². The zero-order valence-electron chi connectivity index (χ0n) is 12.8. The SMILES string of the molecule is CN(C)CCCNC(=O)C1(C(=O)N2CCCCC2)CC1. The number of carbonyl (C=O) groups excluding carboxylic acids is 2. The minimum absolute atomic E-state index is 0.0492. The maximum atomic E-state index is 12.5. The molecule has 0 radical (unpaired) electrons. The van der Waals surface area contributed by atoms with Crippen LogP contribution >= 0.6 is 0 Å². The maximum Gasteiger partial charge on any atom is 0.238 e. The van der Waals surface area contributed by atoms with Gasteiger partial charge in [0.2, 0.25) is 11.8 Å². The lowest BCUT2D eigenvalue weighted by Gasteiger charge is -2.30. The number of carbonyl (C=O) groups is 2. The number of hydrogen-bond acceptors (Lipinski definition) is 3. The summed E-state index contributed by atoms with van der Waals surface area (Å²) in [5.74, 6) is 0.0224. The molecule has 1 saturated heterocycles. The van der Waals surface area contributed by atoms with Crippen LogP contribution in [0.4, 0.5) is 0 Å². The Bertz CT molecular complexity index is 358.